The average Bonchev–Trinajstić information content (AvgIpc) is 2.59. The zero-order chi connectivity index (χ0) is 11.5. The lowest BCUT2D eigenvalue weighted by atomic mass is 10.1. The third kappa shape index (κ3) is 2.40. The van der Waals surface area contributed by atoms with E-state index in [1.165, 1.54) is 5.56 Å². The van der Waals surface area contributed by atoms with Crippen molar-refractivity contribution in [3.05, 3.63) is 47.0 Å². The van der Waals surface area contributed by atoms with Crippen LogP contribution in [0.1, 0.15) is 17.4 Å². The first kappa shape index (κ1) is 11.1. The Morgan fingerprint density at radius 3 is 2.62 bits per heavy atom. The standard InChI is InChI=1S/C11H13ClN4/c1-16-10(14-11(12)15-16)9(13)7-8-5-3-2-4-6-8/h2-6,9H,7,13H2,1H3. The minimum absolute atomic E-state index is 0.188. The lowest BCUT2D eigenvalue weighted by Crippen LogP contribution is -2.18. The molecule has 1 aromatic heterocycles. The maximum Gasteiger partial charge on any atom is 0.242 e. The van der Waals surface area contributed by atoms with Crippen LogP contribution in [0.4, 0.5) is 0 Å². The van der Waals surface area contributed by atoms with Crippen molar-refractivity contribution in [1.29, 1.82) is 0 Å². The Morgan fingerprint density at radius 2 is 2.06 bits per heavy atom. The zero-order valence-corrected chi connectivity index (χ0v) is 9.72. The van der Waals surface area contributed by atoms with Crippen molar-refractivity contribution in [3.63, 3.8) is 0 Å². The van der Waals surface area contributed by atoms with Gasteiger partial charge >= 0.3 is 0 Å². The molecular formula is C11H13ClN4. The number of nitrogens with zero attached hydrogens (tertiary/aromatic N) is 3. The monoisotopic (exact) mass is 236 g/mol. The molecule has 0 amide bonds. The first-order chi connectivity index (χ1) is 7.66. The van der Waals surface area contributed by atoms with Crippen LogP contribution in [-0.4, -0.2) is 14.8 Å². The van der Waals surface area contributed by atoms with Crippen LogP contribution in [0.15, 0.2) is 30.3 Å². The van der Waals surface area contributed by atoms with Crippen LogP contribution in [0.25, 0.3) is 0 Å². The van der Waals surface area contributed by atoms with Crippen LogP contribution in [0.5, 0.6) is 0 Å². The van der Waals surface area contributed by atoms with E-state index in [1.807, 2.05) is 30.3 Å². The minimum Gasteiger partial charge on any atom is -0.321 e. The quantitative estimate of drug-likeness (QED) is 0.883. The predicted molar refractivity (Wildman–Crippen MR) is 63.1 cm³/mol. The van der Waals surface area contributed by atoms with Gasteiger partial charge in [-0.3, -0.25) is 4.68 Å². The Hall–Kier alpha value is -1.39. The van der Waals surface area contributed by atoms with Gasteiger partial charge in [-0.15, -0.1) is 5.10 Å². The summed E-state index contributed by atoms with van der Waals surface area (Å²) in [4.78, 5) is 4.10. The number of hydrogen-bond acceptors (Lipinski definition) is 3. The average molecular weight is 237 g/mol. The Balaban J connectivity index is 2.14. The van der Waals surface area contributed by atoms with Crippen LogP contribution >= 0.6 is 11.6 Å². The molecule has 0 aliphatic rings. The molecule has 1 heterocycles. The summed E-state index contributed by atoms with van der Waals surface area (Å²) in [5.74, 6) is 0.703. The van der Waals surface area contributed by atoms with Gasteiger partial charge in [0.15, 0.2) is 0 Å². The summed E-state index contributed by atoms with van der Waals surface area (Å²) in [5.41, 5.74) is 7.23. The second-order valence-corrected chi connectivity index (χ2v) is 4.00. The number of aromatic nitrogens is 3. The number of hydrogen-bond donors (Lipinski definition) is 1. The molecule has 0 spiro atoms. The summed E-state index contributed by atoms with van der Waals surface area (Å²) in [6.45, 7) is 0. The van der Waals surface area contributed by atoms with Crippen molar-refractivity contribution < 1.29 is 0 Å². The highest BCUT2D eigenvalue weighted by atomic mass is 35.5. The summed E-state index contributed by atoms with van der Waals surface area (Å²) < 4.78 is 1.62. The van der Waals surface area contributed by atoms with Gasteiger partial charge in [-0.2, -0.15) is 0 Å². The minimum atomic E-state index is -0.188. The Kier molecular flexibility index (Phi) is 3.22. The molecule has 1 aromatic carbocycles. The van der Waals surface area contributed by atoms with Crippen LogP contribution in [-0.2, 0) is 13.5 Å². The first-order valence-corrected chi connectivity index (χ1v) is 5.40. The second kappa shape index (κ2) is 4.63. The molecule has 2 N–H and O–H groups in total. The van der Waals surface area contributed by atoms with Gasteiger partial charge in [0.1, 0.15) is 5.82 Å². The van der Waals surface area contributed by atoms with Crippen molar-refractivity contribution in [2.75, 3.05) is 0 Å². The molecule has 1 unspecified atom stereocenters. The number of benzene rings is 1. The molecule has 0 aliphatic carbocycles. The molecule has 2 rings (SSSR count). The van der Waals surface area contributed by atoms with Gasteiger partial charge in [0, 0.05) is 7.05 Å². The van der Waals surface area contributed by atoms with Crippen LogP contribution in [0.2, 0.25) is 5.28 Å². The van der Waals surface area contributed by atoms with Crippen molar-refractivity contribution in [2.24, 2.45) is 12.8 Å². The summed E-state index contributed by atoms with van der Waals surface area (Å²) in [6.07, 6.45) is 0.726. The van der Waals surface area contributed by atoms with Gasteiger partial charge in [0.05, 0.1) is 6.04 Å². The van der Waals surface area contributed by atoms with Gasteiger partial charge in [0.2, 0.25) is 5.28 Å². The molecule has 0 bridgehead atoms. The lowest BCUT2D eigenvalue weighted by molar-refractivity contribution is 0.601. The zero-order valence-electron chi connectivity index (χ0n) is 8.97. The SMILES string of the molecule is Cn1nc(Cl)nc1C(N)Cc1ccccc1. The molecule has 5 heteroatoms. The molecular weight excluding hydrogens is 224 g/mol. The van der Waals surface area contributed by atoms with E-state index in [-0.39, 0.29) is 11.3 Å². The van der Waals surface area contributed by atoms with Gasteiger partial charge in [-0.1, -0.05) is 30.3 Å². The van der Waals surface area contributed by atoms with Gasteiger partial charge in [-0.25, -0.2) is 4.98 Å². The molecule has 0 radical (unpaired) electrons. The van der Waals surface area contributed by atoms with Gasteiger partial charge in [0.25, 0.3) is 0 Å². The smallest absolute Gasteiger partial charge is 0.242 e. The molecule has 0 saturated heterocycles. The van der Waals surface area contributed by atoms with Crippen LogP contribution < -0.4 is 5.73 Å². The number of aryl methyl sites for hydroxylation is 1. The van der Waals surface area contributed by atoms with Crippen molar-refractivity contribution in [1.82, 2.24) is 14.8 Å². The van der Waals surface area contributed by atoms with Crippen LogP contribution in [0.3, 0.4) is 0 Å². The molecule has 2 aromatic rings. The van der Waals surface area contributed by atoms with E-state index in [2.05, 4.69) is 10.1 Å². The fourth-order valence-electron chi connectivity index (χ4n) is 1.65. The number of nitrogens with two attached hydrogens (primary N) is 1. The summed E-state index contributed by atoms with van der Waals surface area (Å²) >= 11 is 5.71. The van der Waals surface area contributed by atoms with Crippen molar-refractivity contribution in [2.45, 2.75) is 12.5 Å². The highest BCUT2D eigenvalue weighted by molar-refractivity contribution is 6.28. The maximum atomic E-state index is 6.06. The largest absolute Gasteiger partial charge is 0.321 e. The van der Waals surface area contributed by atoms with E-state index in [9.17, 15) is 0 Å². The maximum absolute atomic E-state index is 6.06. The third-order valence-electron chi connectivity index (χ3n) is 2.40. The summed E-state index contributed by atoms with van der Waals surface area (Å²) in [7, 11) is 1.79. The molecule has 0 aliphatic heterocycles. The second-order valence-electron chi connectivity index (χ2n) is 3.66. The van der Waals surface area contributed by atoms with E-state index in [0.717, 1.165) is 6.42 Å². The highest BCUT2D eigenvalue weighted by Crippen LogP contribution is 2.15. The molecule has 1 atom stereocenters. The van der Waals surface area contributed by atoms with Gasteiger partial charge in [-0.05, 0) is 23.6 Å². The first-order valence-electron chi connectivity index (χ1n) is 5.03. The fraction of sp³-hybridized carbons (Fsp3) is 0.273. The summed E-state index contributed by atoms with van der Waals surface area (Å²) in [5, 5.41) is 4.20. The topological polar surface area (TPSA) is 56.7 Å². The number of rotatable bonds is 3. The Morgan fingerprint density at radius 1 is 1.38 bits per heavy atom. The molecule has 0 saturated carbocycles. The molecule has 0 fully saturated rings. The Bertz CT molecular complexity index is 466. The number of halogens is 1. The van der Waals surface area contributed by atoms with E-state index in [0.29, 0.717) is 5.82 Å². The molecule has 4 nitrogen and oxygen atoms in total. The highest BCUT2D eigenvalue weighted by Gasteiger charge is 2.14. The third-order valence-corrected chi connectivity index (χ3v) is 2.56. The van der Waals surface area contributed by atoms with E-state index >= 15 is 0 Å². The Labute approximate surface area is 99.1 Å². The van der Waals surface area contributed by atoms with Gasteiger partial charge < -0.3 is 5.73 Å². The van der Waals surface area contributed by atoms with Crippen molar-refractivity contribution >= 4 is 11.6 Å². The fourth-order valence-corrected chi connectivity index (χ4v) is 1.85. The van der Waals surface area contributed by atoms with Crippen LogP contribution in [0, 0.1) is 0 Å². The molecule has 16 heavy (non-hydrogen) atoms. The lowest BCUT2D eigenvalue weighted by Gasteiger charge is -2.10. The summed E-state index contributed by atoms with van der Waals surface area (Å²) in [6, 6.07) is 9.86. The van der Waals surface area contributed by atoms with E-state index in [1.54, 1.807) is 11.7 Å². The molecule has 84 valence electrons. The normalized spacial score (nSPS) is 12.7. The predicted octanol–water partition coefficient (Wildman–Crippen LogP) is 1.71. The van der Waals surface area contributed by atoms with E-state index < -0.39 is 0 Å². The van der Waals surface area contributed by atoms with Crippen molar-refractivity contribution in [3.8, 4) is 0 Å². The van der Waals surface area contributed by atoms with E-state index in [4.69, 9.17) is 17.3 Å².